The summed E-state index contributed by atoms with van der Waals surface area (Å²) in [6.07, 6.45) is 3.25. The van der Waals surface area contributed by atoms with E-state index in [-0.39, 0.29) is 22.9 Å². The van der Waals surface area contributed by atoms with Crippen LogP contribution in [-0.2, 0) is 15.8 Å². The minimum atomic E-state index is -4.83. The van der Waals surface area contributed by atoms with Crippen LogP contribution in [0.2, 0.25) is 0 Å². The number of non-ortho nitro benzene ring substituents is 1. The lowest BCUT2D eigenvalue weighted by Gasteiger charge is -2.16. The molecule has 1 atom stereocenters. The molecule has 3 aromatic rings. The van der Waals surface area contributed by atoms with E-state index in [0.29, 0.717) is 43.6 Å². The number of phosphoric ester groups is 1. The van der Waals surface area contributed by atoms with E-state index in [4.69, 9.17) is 4.89 Å². The van der Waals surface area contributed by atoms with Gasteiger partial charge in [0.2, 0.25) is 11.4 Å². The fourth-order valence-corrected chi connectivity index (χ4v) is 3.63. The van der Waals surface area contributed by atoms with E-state index in [1.165, 1.54) is 18.2 Å². The quantitative estimate of drug-likeness (QED) is 0.137. The number of anilines is 1. The normalized spacial score (nSPS) is 12.8. The third kappa shape index (κ3) is 7.51. The summed E-state index contributed by atoms with van der Waals surface area (Å²) in [5.74, 6) is -0.0509. The van der Waals surface area contributed by atoms with Crippen LogP contribution in [0.4, 0.5) is 11.4 Å². The molecule has 0 spiro atoms. The minimum absolute atomic E-state index is 0.0128. The fraction of sp³-hybridized carbons (Fsp3) is 0.350. The van der Waals surface area contributed by atoms with Crippen molar-refractivity contribution in [2.45, 2.75) is 32.1 Å². The third-order valence-electron chi connectivity index (χ3n) is 4.87. The number of aromatic nitrogens is 2. The molecule has 0 bridgehead atoms. The summed E-state index contributed by atoms with van der Waals surface area (Å²) in [4.78, 5) is 41.8. The number of carbonyl (C=O) groups is 1. The lowest BCUT2D eigenvalue weighted by atomic mass is 10.1. The van der Waals surface area contributed by atoms with Crippen LogP contribution in [0, 0.1) is 10.1 Å². The number of unbranched alkanes of at least 4 members (excludes halogenated alkanes) is 2. The largest absolute Gasteiger partial charge is 0.746 e. The number of fused-ring (bicyclic) bond motifs is 1. The first-order chi connectivity index (χ1) is 16.2. The van der Waals surface area contributed by atoms with E-state index in [2.05, 4.69) is 30.1 Å². The number of carbonyl (C=O) groups excluding carboxylic acids is 1. The van der Waals surface area contributed by atoms with Gasteiger partial charge in [0, 0.05) is 25.6 Å². The lowest BCUT2D eigenvalue weighted by molar-refractivity contribution is -0.383. The Morgan fingerprint density at radius 3 is 2.53 bits per heavy atom. The maximum Gasteiger partial charge on any atom is 0.317 e. The summed E-state index contributed by atoms with van der Waals surface area (Å²) in [6.45, 7) is 1.03. The molecular formula is C20H23N5O8P-. The summed E-state index contributed by atoms with van der Waals surface area (Å²) < 4.78 is 19.7. The highest BCUT2D eigenvalue weighted by Gasteiger charge is 2.19. The summed E-state index contributed by atoms with van der Waals surface area (Å²) >= 11 is 0. The summed E-state index contributed by atoms with van der Waals surface area (Å²) in [7, 11) is -4.83. The zero-order valence-electron chi connectivity index (χ0n) is 18.0. The fourth-order valence-electron chi connectivity index (χ4n) is 3.24. The molecule has 0 saturated carbocycles. The number of rotatable bonds is 13. The van der Waals surface area contributed by atoms with Gasteiger partial charge in [-0.1, -0.05) is 18.6 Å². The predicted molar refractivity (Wildman–Crippen MR) is 119 cm³/mol. The number of nitrogens with one attached hydrogen (secondary N) is 2. The molecular weight excluding hydrogens is 469 g/mol. The van der Waals surface area contributed by atoms with Crippen LogP contribution in [0.1, 0.15) is 31.2 Å². The minimum Gasteiger partial charge on any atom is -0.746 e. The van der Waals surface area contributed by atoms with E-state index in [9.17, 15) is 24.4 Å². The average Bonchev–Trinajstić information content (AvgIpc) is 3.26. The van der Waals surface area contributed by atoms with E-state index in [1.54, 1.807) is 18.2 Å². The molecule has 0 aliphatic rings. The van der Waals surface area contributed by atoms with E-state index >= 15 is 0 Å². The topological polar surface area (TPSA) is 193 Å². The van der Waals surface area contributed by atoms with Crippen molar-refractivity contribution < 1.29 is 33.2 Å². The summed E-state index contributed by atoms with van der Waals surface area (Å²) in [6, 6.07) is 9.06. The van der Waals surface area contributed by atoms with Crippen LogP contribution in [0.25, 0.3) is 11.0 Å². The molecule has 34 heavy (non-hydrogen) atoms. The van der Waals surface area contributed by atoms with Crippen molar-refractivity contribution in [2.75, 3.05) is 18.4 Å². The molecule has 3 rings (SSSR count). The van der Waals surface area contributed by atoms with Gasteiger partial charge in [0.1, 0.15) is 5.75 Å². The molecule has 3 N–H and O–H groups in total. The van der Waals surface area contributed by atoms with Gasteiger partial charge >= 0.3 is 13.5 Å². The van der Waals surface area contributed by atoms with Crippen molar-refractivity contribution in [1.82, 2.24) is 15.6 Å². The Balaban J connectivity index is 1.29. The second-order valence-corrected chi connectivity index (χ2v) is 8.51. The van der Waals surface area contributed by atoms with Gasteiger partial charge in [-0.25, -0.2) is 4.63 Å². The highest BCUT2D eigenvalue weighted by atomic mass is 31.2. The van der Waals surface area contributed by atoms with E-state index in [0.717, 1.165) is 18.4 Å². The first-order valence-corrected chi connectivity index (χ1v) is 11.9. The second-order valence-electron chi connectivity index (χ2n) is 7.39. The smallest absolute Gasteiger partial charge is 0.317 e. The van der Waals surface area contributed by atoms with Crippen LogP contribution >= 0.6 is 7.82 Å². The number of nitrogens with zero attached hydrogens (tertiary/aromatic N) is 3. The molecule has 0 aliphatic heterocycles. The number of nitro benzene ring substituents is 1. The first kappa shape index (κ1) is 25.1. The SMILES string of the molecule is O=C(CCCCCNc1ccc([N+](=O)[O-])c2nonc12)NCCc1ccc(OP(=O)([O-])O)cc1. The Kier molecular flexibility index (Phi) is 8.52. The molecule has 13 nitrogen and oxygen atoms in total. The van der Waals surface area contributed by atoms with Crippen LogP contribution in [0.3, 0.4) is 0 Å². The van der Waals surface area contributed by atoms with Crippen LogP contribution in [0.15, 0.2) is 41.0 Å². The van der Waals surface area contributed by atoms with Crippen LogP contribution < -0.4 is 20.1 Å². The Morgan fingerprint density at radius 2 is 1.82 bits per heavy atom. The lowest BCUT2D eigenvalue weighted by Crippen LogP contribution is -2.25. The number of hydrogen-bond acceptors (Lipinski definition) is 10. The molecule has 1 heterocycles. The van der Waals surface area contributed by atoms with Crippen LogP contribution in [0.5, 0.6) is 5.75 Å². The molecule has 182 valence electrons. The van der Waals surface area contributed by atoms with Crippen molar-refractivity contribution in [3.63, 3.8) is 0 Å². The Labute approximate surface area is 193 Å². The highest BCUT2D eigenvalue weighted by Crippen LogP contribution is 2.33. The van der Waals surface area contributed by atoms with E-state index in [1.807, 2.05) is 0 Å². The van der Waals surface area contributed by atoms with Gasteiger partial charge in [0.15, 0.2) is 5.52 Å². The third-order valence-corrected chi connectivity index (χ3v) is 5.31. The van der Waals surface area contributed by atoms with Crippen molar-refractivity contribution in [2.24, 2.45) is 0 Å². The molecule has 1 amide bonds. The molecule has 0 radical (unpaired) electrons. The number of hydrogen-bond donors (Lipinski definition) is 3. The van der Waals surface area contributed by atoms with Gasteiger partial charge in [0.05, 0.1) is 10.6 Å². The zero-order chi connectivity index (χ0) is 24.6. The Morgan fingerprint density at radius 1 is 1.09 bits per heavy atom. The molecule has 2 aromatic carbocycles. The monoisotopic (exact) mass is 492 g/mol. The Hall–Kier alpha value is -3.54. The molecule has 0 fully saturated rings. The number of benzene rings is 2. The highest BCUT2D eigenvalue weighted by molar-refractivity contribution is 7.45. The molecule has 0 aliphatic carbocycles. The second kappa shape index (κ2) is 11.5. The molecule has 1 unspecified atom stereocenters. The average molecular weight is 492 g/mol. The number of nitro groups is 1. The zero-order valence-corrected chi connectivity index (χ0v) is 18.9. The van der Waals surface area contributed by atoms with Gasteiger partial charge in [-0.15, -0.1) is 0 Å². The van der Waals surface area contributed by atoms with Crippen molar-refractivity contribution in [3.8, 4) is 5.75 Å². The first-order valence-electron chi connectivity index (χ1n) is 10.5. The molecule has 14 heteroatoms. The molecule has 1 aromatic heterocycles. The number of amides is 1. The van der Waals surface area contributed by atoms with Gasteiger partial charge in [-0.3, -0.25) is 19.5 Å². The summed E-state index contributed by atoms with van der Waals surface area (Å²) in [5, 5.41) is 24.3. The van der Waals surface area contributed by atoms with Gasteiger partial charge in [-0.05, 0) is 53.3 Å². The number of phosphoric acid groups is 1. The van der Waals surface area contributed by atoms with Crippen molar-refractivity contribution in [1.29, 1.82) is 0 Å². The Bertz CT molecular complexity index is 1180. The summed E-state index contributed by atoms with van der Waals surface area (Å²) in [5.41, 5.74) is 1.69. The van der Waals surface area contributed by atoms with Crippen molar-refractivity contribution >= 4 is 36.1 Å². The maximum atomic E-state index is 12.0. The van der Waals surface area contributed by atoms with Gasteiger partial charge in [0.25, 0.3) is 0 Å². The van der Waals surface area contributed by atoms with E-state index < -0.39 is 12.7 Å². The molecule has 0 saturated heterocycles. The van der Waals surface area contributed by atoms with Crippen LogP contribution in [-0.4, -0.2) is 39.1 Å². The predicted octanol–water partition coefficient (Wildman–Crippen LogP) is 2.30. The van der Waals surface area contributed by atoms with Crippen molar-refractivity contribution in [3.05, 3.63) is 52.1 Å². The van der Waals surface area contributed by atoms with Gasteiger partial charge < -0.3 is 24.9 Å². The van der Waals surface area contributed by atoms with Gasteiger partial charge in [-0.2, -0.15) is 0 Å². The standard InChI is InChI=1S/C20H24N5O8P/c26-18(22-13-11-14-5-7-15(8-6-14)32-34(29,30)31)4-2-1-3-12-21-16-9-10-17(25(27)28)20-19(16)23-33-24-20/h5-10,21H,1-4,11-13H2,(H,22,26)(H2,29,30,31)/p-1. The maximum absolute atomic E-state index is 12.0.